The predicted octanol–water partition coefficient (Wildman–Crippen LogP) is 2.84. The Morgan fingerprint density at radius 3 is 2.78 bits per heavy atom. The number of rotatable bonds is 5. The lowest BCUT2D eigenvalue weighted by molar-refractivity contribution is 0.320. The molecule has 0 aliphatic rings. The second-order valence-corrected chi connectivity index (χ2v) is 5.22. The summed E-state index contributed by atoms with van der Waals surface area (Å²) >= 11 is 1.61. The Kier molecular flexibility index (Phi) is 4.33. The molecule has 1 heterocycles. The summed E-state index contributed by atoms with van der Waals surface area (Å²) in [7, 11) is 0. The van der Waals surface area contributed by atoms with Gasteiger partial charge in [0.2, 0.25) is 0 Å². The van der Waals surface area contributed by atoms with Gasteiger partial charge >= 0.3 is 0 Å². The van der Waals surface area contributed by atoms with Gasteiger partial charge < -0.3 is 10.5 Å². The third kappa shape index (κ3) is 3.31. The van der Waals surface area contributed by atoms with Gasteiger partial charge in [-0.25, -0.2) is 4.98 Å². The zero-order valence-electron chi connectivity index (χ0n) is 10.8. The van der Waals surface area contributed by atoms with Crippen molar-refractivity contribution in [3.8, 4) is 5.75 Å². The van der Waals surface area contributed by atoms with Gasteiger partial charge in [-0.15, -0.1) is 11.3 Å². The van der Waals surface area contributed by atoms with Crippen LogP contribution < -0.4 is 10.5 Å². The van der Waals surface area contributed by atoms with Crippen molar-refractivity contribution < 1.29 is 4.74 Å². The Morgan fingerprint density at radius 1 is 1.28 bits per heavy atom. The molecule has 18 heavy (non-hydrogen) atoms. The van der Waals surface area contributed by atoms with Gasteiger partial charge in [0.05, 0.1) is 12.3 Å². The van der Waals surface area contributed by atoms with E-state index in [4.69, 9.17) is 10.5 Å². The number of hydrogen-bond acceptors (Lipinski definition) is 4. The van der Waals surface area contributed by atoms with Crippen LogP contribution in [0.25, 0.3) is 0 Å². The van der Waals surface area contributed by atoms with Crippen LogP contribution in [0.15, 0.2) is 23.6 Å². The number of nitrogens with two attached hydrogens (primary N) is 1. The van der Waals surface area contributed by atoms with Gasteiger partial charge in [-0.2, -0.15) is 0 Å². The highest BCUT2D eigenvalue weighted by atomic mass is 32.1. The molecule has 0 spiro atoms. The molecule has 0 radical (unpaired) electrons. The van der Waals surface area contributed by atoms with Crippen molar-refractivity contribution in [2.45, 2.75) is 26.8 Å². The van der Waals surface area contributed by atoms with Crippen LogP contribution in [0.1, 0.15) is 21.8 Å². The van der Waals surface area contributed by atoms with E-state index in [1.165, 1.54) is 11.1 Å². The Hall–Kier alpha value is -1.39. The number of aromatic nitrogens is 1. The van der Waals surface area contributed by atoms with Crippen molar-refractivity contribution >= 4 is 11.3 Å². The van der Waals surface area contributed by atoms with E-state index in [-0.39, 0.29) is 0 Å². The van der Waals surface area contributed by atoms with Crippen molar-refractivity contribution in [2.24, 2.45) is 5.73 Å². The average molecular weight is 262 g/mol. The first-order valence-corrected chi connectivity index (χ1v) is 6.90. The first-order chi connectivity index (χ1) is 8.69. The first kappa shape index (κ1) is 13.1. The molecule has 0 fully saturated rings. The molecule has 0 amide bonds. The monoisotopic (exact) mass is 262 g/mol. The molecule has 2 aromatic rings. The van der Waals surface area contributed by atoms with E-state index in [2.05, 4.69) is 31.0 Å². The number of benzene rings is 1. The summed E-state index contributed by atoms with van der Waals surface area (Å²) in [6, 6.07) is 6.16. The highest BCUT2D eigenvalue weighted by molar-refractivity contribution is 7.09. The minimum Gasteiger partial charge on any atom is -0.493 e. The van der Waals surface area contributed by atoms with E-state index in [0.29, 0.717) is 13.2 Å². The quantitative estimate of drug-likeness (QED) is 0.901. The lowest BCUT2D eigenvalue weighted by Crippen LogP contribution is -2.03. The molecule has 1 aromatic heterocycles. The van der Waals surface area contributed by atoms with Gasteiger partial charge in [-0.1, -0.05) is 6.07 Å². The Labute approximate surface area is 112 Å². The molecule has 2 rings (SSSR count). The Morgan fingerprint density at radius 2 is 2.11 bits per heavy atom. The van der Waals surface area contributed by atoms with Crippen LogP contribution >= 0.6 is 11.3 Å². The van der Waals surface area contributed by atoms with Crippen LogP contribution in [-0.2, 0) is 13.0 Å². The number of nitrogens with zero attached hydrogens (tertiary/aromatic N) is 1. The van der Waals surface area contributed by atoms with Crippen LogP contribution in [0, 0.1) is 13.8 Å². The highest BCUT2D eigenvalue weighted by Crippen LogP contribution is 2.17. The number of hydrogen-bond donors (Lipinski definition) is 1. The summed E-state index contributed by atoms with van der Waals surface area (Å²) in [4.78, 5) is 4.41. The molecular weight excluding hydrogens is 244 g/mol. The molecular formula is C14H18N2OS. The van der Waals surface area contributed by atoms with Crippen molar-refractivity contribution in [3.63, 3.8) is 0 Å². The van der Waals surface area contributed by atoms with Crippen molar-refractivity contribution in [3.05, 3.63) is 45.4 Å². The summed E-state index contributed by atoms with van der Waals surface area (Å²) in [5.41, 5.74) is 9.13. The van der Waals surface area contributed by atoms with Crippen molar-refractivity contribution in [2.75, 3.05) is 6.61 Å². The maximum Gasteiger partial charge on any atom is 0.119 e. The molecule has 0 aliphatic heterocycles. The zero-order valence-corrected chi connectivity index (χ0v) is 11.6. The first-order valence-electron chi connectivity index (χ1n) is 6.02. The zero-order chi connectivity index (χ0) is 13.0. The SMILES string of the molecule is Cc1ccc(OCCc2csc(CN)n2)cc1C. The fourth-order valence-electron chi connectivity index (χ4n) is 1.63. The van der Waals surface area contributed by atoms with Gasteiger partial charge in [-0.05, 0) is 37.1 Å². The summed E-state index contributed by atoms with van der Waals surface area (Å²) in [5.74, 6) is 0.923. The van der Waals surface area contributed by atoms with Crippen molar-refractivity contribution in [1.29, 1.82) is 0 Å². The van der Waals surface area contributed by atoms with Gasteiger partial charge in [0.25, 0.3) is 0 Å². The third-order valence-electron chi connectivity index (χ3n) is 2.88. The van der Waals surface area contributed by atoms with E-state index in [1.54, 1.807) is 11.3 Å². The molecule has 4 heteroatoms. The Balaban J connectivity index is 1.86. The highest BCUT2D eigenvalue weighted by Gasteiger charge is 2.02. The molecule has 0 saturated heterocycles. The average Bonchev–Trinajstić information content (AvgIpc) is 2.82. The molecule has 0 atom stereocenters. The number of thiazole rings is 1. The molecule has 3 nitrogen and oxygen atoms in total. The van der Waals surface area contributed by atoms with Crippen LogP contribution in [0.4, 0.5) is 0 Å². The normalized spacial score (nSPS) is 10.6. The fraction of sp³-hybridized carbons (Fsp3) is 0.357. The molecule has 0 unspecified atom stereocenters. The third-order valence-corrected chi connectivity index (χ3v) is 3.80. The van der Waals surface area contributed by atoms with Crippen LogP contribution in [0.3, 0.4) is 0 Å². The van der Waals surface area contributed by atoms with E-state index in [1.807, 2.05) is 11.4 Å². The van der Waals surface area contributed by atoms with Crippen LogP contribution in [0.2, 0.25) is 0 Å². The van der Waals surface area contributed by atoms with E-state index in [0.717, 1.165) is 22.9 Å². The van der Waals surface area contributed by atoms with Crippen LogP contribution in [0.5, 0.6) is 5.75 Å². The van der Waals surface area contributed by atoms with Gasteiger partial charge in [0.15, 0.2) is 0 Å². The fourth-order valence-corrected chi connectivity index (χ4v) is 2.34. The topological polar surface area (TPSA) is 48.1 Å². The summed E-state index contributed by atoms with van der Waals surface area (Å²) < 4.78 is 5.72. The van der Waals surface area contributed by atoms with Crippen LogP contribution in [-0.4, -0.2) is 11.6 Å². The van der Waals surface area contributed by atoms with Gasteiger partial charge in [0, 0.05) is 18.3 Å². The summed E-state index contributed by atoms with van der Waals surface area (Å²) in [6.07, 6.45) is 0.823. The second-order valence-electron chi connectivity index (χ2n) is 4.28. The standard InChI is InChI=1S/C14H18N2OS/c1-10-3-4-13(7-11(10)2)17-6-5-12-9-18-14(8-15)16-12/h3-4,7,9H,5-6,8,15H2,1-2H3. The van der Waals surface area contributed by atoms with E-state index < -0.39 is 0 Å². The summed E-state index contributed by atoms with van der Waals surface area (Å²) in [6.45, 7) is 5.36. The molecule has 0 saturated carbocycles. The maximum atomic E-state index is 5.72. The van der Waals surface area contributed by atoms with Crippen molar-refractivity contribution in [1.82, 2.24) is 4.98 Å². The van der Waals surface area contributed by atoms with Gasteiger partial charge in [0.1, 0.15) is 10.8 Å². The minimum absolute atomic E-state index is 0.517. The number of ether oxygens (including phenoxy) is 1. The van der Waals surface area contributed by atoms with Gasteiger partial charge in [-0.3, -0.25) is 0 Å². The lowest BCUT2D eigenvalue weighted by Gasteiger charge is -2.07. The minimum atomic E-state index is 0.517. The largest absolute Gasteiger partial charge is 0.493 e. The molecule has 0 bridgehead atoms. The molecule has 96 valence electrons. The molecule has 1 aromatic carbocycles. The lowest BCUT2D eigenvalue weighted by atomic mass is 10.1. The molecule has 2 N–H and O–H groups in total. The molecule has 0 aliphatic carbocycles. The second kappa shape index (κ2) is 5.98. The van der Waals surface area contributed by atoms with E-state index in [9.17, 15) is 0 Å². The van der Waals surface area contributed by atoms with E-state index >= 15 is 0 Å². The maximum absolute atomic E-state index is 5.72. The predicted molar refractivity (Wildman–Crippen MR) is 75.1 cm³/mol. The smallest absolute Gasteiger partial charge is 0.119 e. The Bertz CT molecular complexity index is 522. The summed E-state index contributed by atoms with van der Waals surface area (Å²) in [5, 5.41) is 3.03. The number of aryl methyl sites for hydroxylation is 2.